The van der Waals surface area contributed by atoms with E-state index in [1.807, 2.05) is 0 Å². The lowest BCUT2D eigenvalue weighted by Crippen LogP contribution is -2.43. The van der Waals surface area contributed by atoms with Crippen molar-refractivity contribution in [2.75, 3.05) is 39.3 Å². The summed E-state index contributed by atoms with van der Waals surface area (Å²) in [6.07, 6.45) is 0.383. The van der Waals surface area contributed by atoms with Crippen molar-refractivity contribution < 1.29 is 19.0 Å². The number of anilines is 1. The van der Waals surface area contributed by atoms with Crippen LogP contribution in [0.25, 0.3) is 0 Å². The first kappa shape index (κ1) is 17.6. The van der Waals surface area contributed by atoms with E-state index in [0.29, 0.717) is 36.8 Å². The first-order valence-corrected chi connectivity index (χ1v) is 6.56. The van der Waals surface area contributed by atoms with Crippen molar-refractivity contribution in [3.05, 3.63) is 18.2 Å². The molecule has 0 spiro atoms. The minimum Gasteiger partial charge on any atom is -0.493 e. The molecule has 21 heavy (non-hydrogen) atoms. The molecule has 1 aromatic rings. The van der Waals surface area contributed by atoms with Crippen molar-refractivity contribution in [2.24, 2.45) is 0 Å². The van der Waals surface area contributed by atoms with Gasteiger partial charge in [-0.3, -0.25) is 4.79 Å². The smallest absolute Gasteiger partial charge is 0.226 e. The van der Waals surface area contributed by atoms with E-state index >= 15 is 0 Å². The monoisotopic (exact) mass is 316 g/mol. The number of carbonyl (C=O) groups excluding carboxylic acids is 1. The Morgan fingerprint density at radius 2 is 2.14 bits per heavy atom. The van der Waals surface area contributed by atoms with Crippen LogP contribution >= 0.6 is 12.4 Å². The van der Waals surface area contributed by atoms with Gasteiger partial charge in [-0.05, 0) is 12.1 Å². The van der Waals surface area contributed by atoms with Crippen LogP contribution in [0.1, 0.15) is 6.42 Å². The third kappa shape index (κ3) is 5.08. The standard InChI is InChI=1S/C14H20N2O4.ClH/c1-18-12-4-3-10(7-13(12)19-2)16-14(17)8-11-9-20-6-5-15-11;/h3-4,7,11,15H,5-6,8-9H2,1-2H3,(H,16,17);1H. The Morgan fingerprint density at radius 1 is 1.38 bits per heavy atom. The van der Waals surface area contributed by atoms with Crippen LogP contribution in [0.3, 0.4) is 0 Å². The number of amides is 1. The van der Waals surface area contributed by atoms with Gasteiger partial charge in [-0.15, -0.1) is 12.4 Å². The minimum atomic E-state index is -0.0554. The number of nitrogens with one attached hydrogen (secondary N) is 2. The maximum atomic E-state index is 12.0. The average molecular weight is 317 g/mol. The molecule has 0 bridgehead atoms. The van der Waals surface area contributed by atoms with Gasteiger partial charge < -0.3 is 24.8 Å². The molecule has 1 aliphatic heterocycles. The summed E-state index contributed by atoms with van der Waals surface area (Å²) in [5.74, 6) is 1.16. The molecule has 0 saturated carbocycles. The molecule has 118 valence electrons. The third-order valence-electron chi connectivity index (χ3n) is 3.10. The molecule has 6 nitrogen and oxygen atoms in total. The lowest BCUT2D eigenvalue weighted by atomic mass is 10.2. The van der Waals surface area contributed by atoms with E-state index in [1.54, 1.807) is 32.4 Å². The van der Waals surface area contributed by atoms with Gasteiger partial charge in [0.2, 0.25) is 5.91 Å². The van der Waals surface area contributed by atoms with Gasteiger partial charge in [-0.25, -0.2) is 0 Å². The lowest BCUT2D eigenvalue weighted by Gasteiger charge is -2.23. The summed E-state index contributed by atoms with van der Waals surface area (Å²) in [4.78, 5) is 12.0. The van der Waals surface area contributed by atoms with E-state index in [0.717, 1.165) is 6.54 Å². The van der Waals surface area contributed by atoms with Crippen LogP contribution in [-0.2, 0) is 9.53 Å². The Balaban J connectivity index is 0.00000220. The van der Waals surface area contributed by atoms with Crippen molar-refractivity contribution in [2.45, 2.75) is 12.5 Å². The maximum absolute atomic E-state index is 12.0. The molecule has 1 fully saturated rings. The first-order valence-electron chi connectivity index (χ1n) is 6.56. The summed E-state index contributed by atoms with van der Waals surface area (Å²) >= 11 is 0. The summed E-state index contributed by atoms with van der Waals surface area (Å²) in [6, 6.07) is 5.35. The Labute approximate surface area is 130 Å². The Morgan fingerprint density at radius 3 is 2.76 bits per heavy atom. The highest BCUT2D eigenvalue weighted by Crippen LogP contribution is 2.29. The minimum absolute atomic E-state index is 0. The fourth-order valence-corrected chi connectivity index (χ4v) is 2.10. The number of benzene rings is 1. The van der Waals surface area contributed by atoms with Gasteiger partial charge in [0.1, 0.15) is 0 Å². The van der Waals surface area contributed by atoms with Gasteiger partial charge >= 0.3 is 0 Å². The Hall–Kier alpha value is -1.50. The van der Waals surface area contributed by atoms with Crippen molar-refractivity contribution >= 4 is 24.0 Å². The molecule has 1 saturated heterocycles. The molecule has 1 atom stereocenters. The van der Waals surface area contributed by atoms with Crippen LogP contribution in [0.15, 0.2) is 18.2 Å². The van der Waals surface area contributed by atoms with Gasteiger partial charge in [0.05, 0.1) is 27.4 Å². The van der Waals surface area contributed by atoms with Crippen LogP contribution in [0.2, 0.25) is 0 Å². The molecular weight excluding hydrogens is 296 g/mol. The van der Waals surface area contributed by atoms with E-state index in [-0.39, 0.29) is 24.4 Å². The highest BCUT2D eigenvalue weighted by molar-refractivity contribution is 5.91. The predicted octanol–water partition coefficient (Wildman–Crippen LogP) is 1.44. The molecule has 1 amide bonds. The van der Waals surface area contributed by atoms with E-state index in [1.165, 1.54) is 0 Å². The van der Waals surface area contributed by atoms with E-state index in [2.05, 4.69) is 10.6 Å². The number of carbonyl (C=O) groups is 1. The molecule has 0 radical (unpaired) electrons. The number of halogens is 1. The van der Waals surface area contributed by atoms with Crippen LogP contribution in [0, 0.1) is 0 Å². The van der Waals surface area contributed by atoms with Crippen LogP contribution < -0.4 is 20.1 Å². The molecule has 1 heterocycles. The van der Waals surface area contributed by atoms with Crippen molar-refractivity contribution in [1.29, 1.82) is 0 Å². The highest BCUT2D eigenvalue weighted by atomic mass is 35.5. The zero-order chi connectivity index (χ0) is 14.4. The predicted molar refractivity (Wildman–Crippen MR) is 82.7 cm³/mol. The van der Waals surface area contributed by atoms with Crippen molar-refractivity contribution in [1.82, 2.24) is 5.32 Å². The number of hydrogen-bond donors (Lipinski definition) is 2. The topological polar surface area (TPSA) is 68.8 Å². The largest absolute Gasteiger partial charge is 0.493 e. The molecule has 1 aliphatic rings. The Kier molecular flexibility index (Phi) is 7.28. The second kappa shape index (κ2) is 8.71. The van der Waals surface area contributed by atoms with Gasteiger partial charge in [-0.2, -0.15) is 0 Å². The number of methoxy groups -OCH3 is 2. The second-order valence-corrected chi connectivity index (χ2v) is 4.55. The van der Waals surface area contributed by atoms with Crippen LogP contribution in [0.4, 0.5) is 5.69 Å². The van der Waals surface area contributed by atoms with Crippen molar-refractivity contribution in [3.63, 3.8) is 0 Å². The molecule has 0 aliphatic carbocycles. The number of morpholine rings is 1. The zero-order valence-corrected chi connectivity index (χ0v) is 13.0. The second-order valence-electron chi connectivity index (χ2n) is 4.55. The average Bonchev–Trinajstić information content (AvgIpc) is 2.48. The molecule has 1 unspecified atom stereocenters. The molecule has 1 aromatic carbocycles. The summed E-state index contributed by atoms with van der Waals surface area (Å²) in [5.41, 5.74) is 0.685. The molecule has 7 heteroatoms. The van der Waals surface area contributed by atoms with Gasteiger partial charge in [-0.1, -0.05) is 0 Å². The zero-order valence-electron chi connectivity index (χ0n) is 12.2. The van der Waals surface area contributed by atoms with E-state index in [9.17, 15) is 4.79 Å². The van der Waals surface area contributed by atoms with E-state index < -0.39 is 0 Å². The quantitative estimate of drug-likeness (QED) is 0.860. The molecular formula is C14H21ClN2O4. The summed E-state index contributed by atoms with van der Waals surface area (Å²) in [7, 11) is 3.14. The fraction of sp³-hybridized carbons (Fsp3) is 0.500. The molecule has 2 N–H and O–H groups in total. The lowest BCUT2D eigenvalue weighted by molar-refractivity contribution is -0.117. The van der Waals surface area contributed by atoms with Crippen molar-refractivity contribution in [3.8, 4) is 11.5 Å². The van der Waals surface area contributed by atoms with Gasteiger partial charge in [0.15, 0.2) is 11.5 Å². The number of hydrogen-bond acceptors (Lipinski definition) is 5. The maximum Gasteiger partial charge on any atom is 0.226 e. The highest BCUT2D eigenvalue weighted by Gasteiger charge is 2.17. The number of ether oxygens (including phenoxy) is 3. The van der Waals surface area contributed by atoms with Crippen LogP contribution in [0.5, 0.6) is 11.5 Å². The fourth-order valence-electron chi connectivity index (χ4n) is 2.10. The summed E-state index contributed by atoms with van der Waals surface area (Å²) < 4.78 is 15.7. The SMILES string of the molecule is COc1ccc(NC(=O)CC2COCCN2)cc1OC.Cl. The molecule has 0 aromatic heterocycles. The summed E-state index contributed by atoms with van der Waals surface area (Å²) in [6.45, 7) is 2.06. The Bertz CT molecular complexity index is 464. The summed E-state index contributed by atoms with van der Waals surface area (Å²) in [5, 5.41) is 6.09. The van der Waals surface area contributed by atoms with E-state index in [4.69, 9.17) is 14.2 Å². The first-order chi connectivity index (χ1) is 9.72. The van der Waals surface area contributed by atoms with Gasteiger partial charge in [0.25, 0.3) is 0 Å². The van der Waals surface area contributed by atoms with Gasteiger partial charge in [0, 0.05) is 30.8 Å². The third-order valence-corrected chi connectivity index (χ3v) is 3.10. The van der Waals surface area contributed by atoms with Crippen LogP contribution in [-0.4, -0.2) is 45.9 Å². The molecule has 2 rings (SSSR count). The normalized spacial score (nSPS) is 17.5. The number of rotatable bonds is 5.